The Balaban J connectivity index is 1.32. The van der Waals surface area contributed by atoms with Gasteiger partial charge in [0.15, 0.2) is 0 Å². The van der Waals surface area contributed by atoms with Crippen molar-refractivity contribution >= 4 is 10.9 Å². The van der Waals surface area contributed by atoms with Gasteiger partial charge in [0, 0.05) is 29.0 Å². The van der Waals surface area contributed by atoms with Gasteiger partial charge in [-0.2, -0.15) is 0 Å². The lowest BCUT2D eigenvalue weighted by Gasteiger charge is -2.10. The van der Waals surface area contributed by atoms with E-state index in [0.717, 1.165) is 39.3 Å². The molecule has 0 aliphatic carbocycles. The molecule has 0 saturated heterocycles. The van der Waals surface area contributed by atoms with Crippen molar-refractivity contribution in [2.75, 3.05) is 0 Å². The van der Waals surface area contributed by atoms with Gasteiger partial charge in [0.05, 0.1) is 29.4 Å². The van der Waals surface area contributed by atoms with E-state index < -0.39 is 0 Å². The maximum atomic E-state index is 5.93. The number of imidazole rings is 1. The number of nitrogens with zero attached hydrogens (tertiary/aromatic N) is 4. The van der Waals surface area contributed by atoms with Crippen LogP contribution in [0.2, 0.25) is 0 Å². The van der Waals surface area contributed by atoms with E-state index in [-0.39, 0.29) is 0 Å². The van der Waals surface area contributed by atoms with Crippen LogP contribution in [0, 0.1) is 0 Å². The van der Waals surface area contributed by atoms with E-state index in [2.05, 4.69) is 27.1 Å². The topological polar surface area (TPSA) is 52.8 Å². The molecular formula is C24H18N4O. The van der Waals surface area contributed by atoms with Gasteiger partial charge in [-0.05, 0) is 48.5 Å². The molecule has 0 amide bonds. The largest absolute Gasteiger partial charge is 0.487 e. The van der Waals surface area contributed by atoms with E-state index in [0.29, 0.717) is 6.61 Å². The molecule has 0 aliphatic rings. The maximum absolute atomic E-state index is 5.93. The molecule has 0 fully saturated rings. The van der Waals surface area contributed by atoms with Crippen molar-refractivity contribution in [2.45, 2.75) is 6.61 Å². The van der Waals surface area contributed by atoms with Crippen molar-refractivity contribution in [3.8, 4) is 22.7 Å². The number of hydrogen-bond donors (Lipinski definition) is 0. The fraction of sp³-hybridized carbons (Fsp3) is 0.0417. The summed E-state index contributed by atoms with van der Waals surface area (Å²) in [6, 6.07) is 24.1. The fourth-order valence-corrected chi connectivity index (χ4v) is 3.29. The first-order valence-electron chi connectivity index (χ1n) is 9.37. The molecule has 0 saturated carbocycles. The van der Waals surface area contributed by atoms with Crippen LogP contribution >= 0.6 is 0 Å². The van der Waals surface area contributed by atoms with Gasteiger partial charge in [-0.1, -0.05) is 24.3 Å². The Kier molecular flexibility index (Phi) is 4.47. The molecule has 0 atom stereocenters. The van der Waals surface area contributed by atoms with Gasteiger partial charge >= 0.3 is 0 Å². The Hall–Kier alpha value is -3.99. The smallest absolute Gasteiger partial charge is 0.130 e. The highest BCUT2D eigenvalue weighted by Crippen LogP contribution is 2.24. The molecule has 0 aliphatic heterocycles. The van der Waals surface area contributed by atoms with Gasteiger partial charge in [0.25, 0.3) is 0 Å². The molecule has 140 valence electrons. The van der Waals surface area contributed by atoms with Gasteiger partial charge in [-0.25, -0.2) is 9.97 Å². The molecule has 0 radical (unpaired) electrons. The standard InChI is InChI=1S/C24H18N4O/c1-2-4-23-18(3-1)5-6-20(27-23)16-29-22-9-7-21(8-10-22)28-17-26-15-24(28)19-11-13-25-14-12-19/h1-15,17H,16H2. The van der Waals surface area contributed by atoms with Crippen LogP contribution in [0.4, 0.5) is 0 Å². The SMILES string of the molecule is c1ccc2nc(COc3ccc(-n4cncc4-c4ccncc4)cc3)ccc2c1. The zero-order valence-corrected chi connectivity index (χ0v) is 15.6. The Bertz CT molecular complexity index is 1250. The Morgan fingerprint density at radius 1 is 0.793 bits per heavy atom. The fourth-order valence-electron chi connectivity index (χ4n) is 3.29. The van der Waals surface area contributed by atoms with Gasteiger partial charge in [-0.3, -0.25) is 9.55 Å². The molecule has 29 heavy (non-hydrogen) atoms. The summed E-state index contributed by atoms with van der Waals surface area (Å²) >= 11 is 0. The molecule has 5 rings (SSSR count). The quantitative estimate of drug-likeness (QED) is 0.429. The second-order valence-corrected chi connectivity index (χ2v) is 6.66. The number of pyridine rings is 2. The van der Waals surface area contributed by atoms with Crippen LogP contribution in [0.5, 0.6) is 5.75 Å². The molecule has 2 aromatic carbocycles. The van der Waals surface area contributed by atoms with Gasteiger partial charge in [0.2, 0.25) is 0 Å². The summed E-state index contributed by atoms with van der Waals surface area (Å²) in [5.74, 6) is 0.800. The average Bonchev–Trinajstić information content (AvgIpc) is 3.28. The van der Waals surface area contributed by atoms with Crippen molar-refractivity contribution in [3.63, 3.8) is 0 Å². The van der Waals surface area contributed by atoms with E-state index in [1.807, 2.05) is 77.8 Å². The molecule has 0 spiro atoms. The van der Waals surface area contributed by atoms with E-state index in [9.17, 15) is 0 Å². The minimum atomic E-state index is 0.428. The highest BCUT2D eigenvalue weighted by atomic mass is 16.5. The van der Waals surface area contributed by atoms with Crippen molar-refractivity contribution in [3.05, 3.63) is 103 Å². The van der Waals surface area contributed by atoms with Gasteiger partial charge in [-0.15, -0.1) is 0 Å². The summed E-state index contributed by atoms with van der Waals surface area (Å²) in [5.41, 5.74) is 4.99. The molecule has 5 nitrogen and oxygen atoms in total. The number of ether oxygens (including phenoxy) is 1. The van der Waals surface area contributed by atoms with E-state index >= 15 is 0 Å². The van der Waals surface area contributed by atoms with Crippen LogP contribution in [-0.4, -0.2) is 19.5 Å². The van der Waals surface area contributed by atoms with Crippen molar-refractivity contribution in [1.82, 2.24) is 19.5 Å². The summed E-state index contributed by atoms with van der Waals surface area (Å²) in [7, 11) is 0. The lowest BCUT2D eigenvalue weighted by Crippen LogP contribution is -1.99. The Labute approximate surface area is 168 Å². The number of fused-ring (bicyclic) bond motifs is 1. The van der Waals surface area contributed by atoms with Crippen LogP contribution in [0.15, 0.2) is 97.7 Å². The summed E-state index contributed by atoms with van der Waals surface area (Å²) in [4.78, 5) is 13.0. The summed E-state index contributed by atoms with van der Waals surface area (Å²) in [5, 5.41) is 1.13. The molecule has 5 aromatic rings. The number of aromatic nitrogens is 4. The molecule has 5 heteroatoms. The summed E-state index contributed by atoms with van der Waals surface area (Å²) < 4.78 is 7.98. The second kappa shape index (κ2) is 7.56. The monoisotopic (exact) mass is 378 g/mol. The van der Waals surface area contributed by atoms with Gasteiger partial charge < -0.3 is 4.74 Å². The number of hydrogen-bond acceptors (Lipinski definition) is 4. The first-order chi connectivity index (χ1) is 14.4. The third kappa shape index (κ3) is 3.58. The lowest BCUT2D eigenvalue weighted by atomic mass is 10.2. The van der Waals surface area contributed by atoms with E-state index in [4.69, 9.17) is 4.74 Å². The average molecular weight is 378 g/mol. The van der Waals surface area contributed by atoms with Crippen LogP contribution in [-0.2, 0) is 6.61 Å². The van der Waals surface area contributed by atoms with Crippen molar-refractivity contribution < 1.29 is 4.74 Å². The van der Waals surface area contributed by atoms with Crippen molar-refractivity contribution in [1.29, 1.82) is 0 Å². The molecule has 0 bridgehead atoms. The Morgan fingerprint density at radius 2 is 1.62 bits per heavy atom. The predicted octanol–water partition coefficient (Wildman–Crippen LogP) is 5.06. The molecule has 0 N–H and O–H groups in total. The lowest BCUT2D eigenvalue weighted by molar-refractivity contribution is 0.302. The Morgan fingerprint density at radius 3 is 2.48 bits per heavy atom. The van der Waals surface area contributed by atoms with Gasteiger partial charge in [0.1, 0.15) is 12.4 Å². The van der Waals surface area contributed by atoms with Crippen LogP contribution < -0.4 is 4.74 Å². The highest BCUT2D eigenvalue weighted by Gasteiger charge is 2.07. The molecule has 0 unspecified atom stereocenters. The summed E-state index contributed by atoms with van der Waals surface area (Å²) in [6.45, 7) is 0.428. The van der Waals surface area contributed by atoms with Crippen LogP contribution in [0.3, 0.4) is 0 Å². The number of rotatable bonds is 5. The predicted molar refractivity (Wildman–Crippen MR) is 113 cm³/mol. The second-order valence-electron chi connectivity index (χ2n) is 6.66. The first-order valence-corrected chi connectivity index (χ1v) is 9.37. The number of para-hydroxylation sites is 1. The zero-order valence-electron chi connectivity index (χ0n) is 15.6. The zero-order chi connectivity index (χ0) is 19.5. The molecule has 3 aromatic heterocycles. The highest BCUT2D eigenvalue weighted by molar-refractivity contribution is 5.78. The minimum Gasteiger partial charge on any atom is -0.487 e. The van der Waals surface area contributed by atoms with E-state index in [1.54, 1.807) is 12.4 Å². The normalized spacial score (nSPS) is 10.9. The first kappa shape index (κ1) is 17.1. The van der Waals surface area contributed by atoms with E-state index in [1.165, 1.54) is 0 Å². The number of benzene rings is 2. The minimum absolute atomic E-state index is 0.428. The molecule has 3 heterocycles. The maximum Gasteiger partial charge on any atom is 0.130 e. The van der Waals surface area contributed by atoms with Crippen LogP contribution in [0.1, 0.15) is 5.69 Å². The summed E-state index contributed by atoms with van der Waals surface area (Å²) in [6.07, 6.45) is 7.23. The third-order valence-electron chi connectivity index (χ3n) is 4.77. The molecular weight excluding hydrogens is 360 g/mol. The van der Waals surface area contributed by atoms with Crippen LogP contribution in [0.25, 0.3) is 27.8 Å². The van der Waals surface area contributed by atoms with Crippen molar-refractivity contribution in [2.24, 2.45) is 0 Å². The third-order valence-corrected chi connectivity index (χ3v) is 4.77.